The number of aromatic nitrogens is 2. The van der Waals surface area contributed by atoms with E-state index in [9.17, 15) is 13.2 Å². The zero-order valence-corrected chi connectivity index (χ0v) is 17.8. The summed E-state index contributed by atoms with van der Waals surface area (Å²) in [6.45, 7) is 7.85. The number of nitrogens with one attached hydrogen (secondary N) is 2. The molecule has 0 saturated heterocycles. The van der Waals surface area contributed by atoms with Crippen molar-refractivity contribution in [1.29, 1.82) is 0 Å². The summed E-state index contributed by atoms with van der Waals surface area (Å²) >= 11 is 0. The van der Waals surface area contributed by atoms with Crippen LogP contribution in [0.4, 0.5) is 36.3 Å². The smallest absolute Gasteiger partial charge is 0.421 e. The van der Waals surface area contributed by atoms with Crippen molar-refractivity contribution in [3.8, 4) is 5.75 Å². The molecule has 31 heavy (non-hydrogen) atoms. The molecule has 0 aliphatic carbocycles. The van der Waals surface area contributed by atoms with E-state index in [-0.39, 0.29) is 17.9 Å². The highest BCUT2D eigenvalue weighted by atomic mass is 19.4. The molecule has 0 unspecified atom stereocenters. The lowest BCUT2D eigenvalue weighted by atomic mass is 10.0. The number of halogens is 3. The Balaban J connectivity index is 1.93. The molecule has 0 aliphatic rings. The Bertz CT molecular complexity index is 1020. The molecule has 1 aromatic heterocycles. The van der Waals surface area contributed by atoms with Gasteiger partial charge in [0.1, 0.15) is 17.1 Å². The average molecular weight is 430 g/mol. The van der Waals surface area contributed by atoms with Crippen LogP contribution in [0.25, 0.3) is 0 Å². The molecule has 5 nitrogen and oxygen atoms in total. The van der Waals surface area contributed by atoms with Crippen LogP contribution >= 0.6 is 0 Å². The number of alkyl halides is 3. The van der Waals surface area contributed by atoms with Gasteiger partial charge in [0.25, 0.3) is 0 Å². The minimum Gasteiger partial charge on any atom is -0.489 e. The van der Waals surface area contributed by atoms with E-state index in [0.29, 0.717) is 23.0 Å². The van der Waals surface area contributed by atoms with Gasteiger partial charge >= 0.3 is 6.18 Å². The van der Waals surface area contributed by atoms with Gasteiger partial charge < -0.3 is 15.4 Å². The highest BCUT2D eigenvalue weighted by Crippen LogP contribution is 2.37. The van der Waals surface area contributed by atoms with E-state index in [1.165, 1.54) is 0 Å². The Morgan fingerprint density at radius 2 is 1.58 bits per heavy atom. The molecule has 2 aromatic carbocycles. The number of anilines is 4. The predicted octanol–water partition coefficient (Wildman–Crippen LogP) is 6.89. The van der Waals surface area contributed by atoms with Gasteiger partial charge in [-0.2, -0.15) is 18.2 Å². The maximum atomic E-state index is 13.6. The molecule has 3 rings (SSSR count). The van der Waals surface area contributed by atoms with Crippen LogP contribution in [-0.2, 0) is 6.18 Å². The summed E-state index contributed by atoms with van der Waals surface area (Å²) in [6, 6.07) is 14.4. The standard InChI is InChI=1S/C23H25F3N4O/c1-14(2)16-9-11-17(12-10-16)28-22-27-13-18(23(24,25)26)21(30-22)29-19-7-5-6-8-20(19)31-15(3)4/h5-15H,1-4H3,(H2,27,28,29,30). The molecule has 8 heteroatoms. The van der Waals surface area contributed by atoms with Gasteiger partial charge in [-0.25, -0.2) is 4.98 Å². The first kappa shape index (κ1) is 22.4. The van der Waals surface area contributed by atoms with Crippen molar-refractivity contribution < 1.29 is 17.9 Å². The predicted molar refractivity (Wildman–Crippen MR) is 116 cm³/mol. The fraction of sp³-hybridized carbons (Fsp3) is 0.304. The van der Waals surface area contributed by atoms with Gasteiger partial charge in [-0.1, -0.05) is 38.1 Å². The molecule has 0 radical (unpaired) electrons. The van der Waals surface area contributed by atoms with Gasteiger partial charge in [0.05, 0.1) is 11.8 Å². The van der Waals surface area contributed by atoms with Crippen LogP contribution < -0.4 is 15.4 Å². The SMILES string of the molecule is CC(C)Oc1ccccc1Nc1nc(Nc2ccc(C(C)C)cc2)ncc1C(F)(F)F. The van der Waals surface area contributed by atoms with Crippen molar-refractivity contribution in [3.05, 3.63) is 65.9 Å². The lowest BCUT2D eigenvalue weighted by molar-refractivity contribution is -0.137. The molecule has 3 aromatic rings. The molecule has 0 atom stereocenters. The number of benzene rings is 2. The monoisotopic (exact) mass is 430 g/mol. The van der Waals surface area contributed by atoms with Crippen molar-refractivity contribution in [1.82, 2.24) is 9.97 Å². The fourth-order valence-corrected chi connectivity index (χ4v) is 2.88. The maximum absolute atomic E-state index is 13.6. The van der Waals surface area contributed by atoms with Crippen LogP contribution in [-0.4, -0.2) is 16.1 Å². The zero-order chi connectivity index (χ0) is 22.6. The molecular formula is C23H25F3N4O. The van der Waals surface area contributed by atoms with E-state index in [4.69, 9.17) is 4.74 Å². The van der Waals surface area contributed by atoms with Crippen LogP contribution in [0.3, 0.4) is 0 Å². The van der Waals surface area contributed by atoms with E-state index in [1.54, 1.807) is 24.3 Å². The van der Waals surface area contributed by atoms with Gasteiger partial charge in [0.2, 0.25) is 5.95 Å². The Labute approximate surface area is 179 Å². The minimum atomic E-state index is -4.62. The minimum absolute atomic E-state index is 0.0510. The van der Waals surface area contributed by atoms with Crippen molar-refractivity contribution in [2.45, 2.75) is 45.9 Å². The lowest BCUT2D eigenvalue weighted by Gasteiger charge is -2.18. The van der Waals surface area contributed by atoms with Crippen LogP contribution in [0.5, 0.6) is 5.75 Å². The highest BCUT2D eigenvalue weighted by Gasteiger charge is 2.35. The van der Waals surface area contributed by atoms with Crippen LogP contribution in [0.1, 0.15) is 44.7 Å². The second-order valence-corrected chi connectivity index (χ2v) is 7.64. The van der Waals surface area contributed by atoms with Gasteiger partial charge in [-0.3, -0.25) is 0 Å². The number of nitrogens with zero attached hydrogens (tertiary/aromatic N) is 2. The van der Waals surface area contributed by atoms with Gasteiger partial charge in [-0.05, 0) is 49.6 Å². The van der Waals surface area contributed by atoms with Crippen LogP contribution in [0.15, 0.2) is 54.7 Å². The number of ether oxygens (including phenoxy) is 1. The summed E-state index contributed by atoms with van der Waals surface area (Å²) < 4.78 is 46.4. The molecule has 0 amide bonds. The average Bonchev–Trinajstić information content (AvgIpc) is 2.69. The quantitative estimate of drug-likeness (QED) is 0.427. The molecule has 0 aliphatic heterocycles. The molecule has 1 heterocycles. The first-order valence-corrected chi connectivity index (χ1v) is 9.97. The van der Waals surface area contributed by atoms with Crippen molar-refractivity contribution in [3.63, 3.8) is 0 Å². The largest absolute Gasteiger partial charge is 0.489 e. The van der Waals surface area contributed by atoms with Crippen molar-refractivity contribution >= 4 is 23.1 Å². The van der Waals surface area contributed by atoms with Crippen LogP contribution in [0.2, 0.25) is 0 Å². The normalized spacial score (nSPS) is 11.6. The first-order chi connectivity index (χ1) is 14.6. The van der Waals surface area contributed by atoms with E-state index in [1.807, 2.05) is 38.1 Å². The first-order valence-electron chi connectivity index (χ1n) is 9.97. The Morgan fingerprint density at radius 3 is 2.19 bits per heavy atom. The van der Waals surface area contributed by atoms with Gasteiger partial charge in [0, 0.05) is 11.9 Å². The maximum Gasteiger partial charge on any atom is 0.421 e. The van der Waals surface area contributed by atoms with E-state index in [2.05, 4.69) is 34.4 Å². The van der Waals surface area contributed by atoms with Crippen molar-refractivity contribution in [2.24, 2.45) is 0 Å². The van der Waals surface area contributed by atoms with Crippen LogP contribution in [0, 0.1) is 0 Å². The summed E-state index contributed by atoms with van der Waals surface area (Å²) in [5.41, 5.74) is 1.25. The van der Waals surface area contributed by atoms with E-state index in [0.717, 1.165) is 11.8 Å². The molecule has 164 valence electrons. The topological polar surface area (TPSA) is 59.1 Å². The number of rotatable bonds is 7. The second-order valence-electron chi connectivity index (χ2n) is 7.64. The lowest BCUT2D eigenvalue weighted by Crippen LogP contribution is -2.13. The third-order valence-corrected chi connectivity index (χ3v) is 4.43. The fourth-order valence-electron chi connectivity index (χ4n) is 2.88. The summed E-state index contributed by atoms with van der Waals surface area (Å²) in [5.74, 6) is 0.502. The summed E-state index contributed by atoms with van der Waals surface area (Å²) in [7, 11) is 0. The molecule has 0 bridgehead atoms. The number of hydrogen-bond donors (Lipinski definition) is 2. The molecule has 0 spiro atoms. The second kappa shape index (κ2) is 9.24. The molecule has 0 saturated carbocycles. The summed E-state index contributed by atoms with van der Waals surface area (Å²) in [5, 5.41) is 5.73. The molecule has 2 N–H and O–H groups in total. The number of hydrogen-bond acceptors (Lipinski definition) is 5. The van der Waals surface area contributed by atoms with E-state index < -0.39 is 11.7 Å². The number of para-hydroxylation sites is 2. The Kier molecular flexibility index (Phi) is 6.68. The summed E-state index contributed by atoms with van der Waals surface area (Å²) in [4.78, 5) is 7.96. The van der Waals surface area contributed by atoms with Crippen molar-refractivity contribution in [2.75, 3.05) is 10.6 Å². The Morgan fingerprint density at radius 1 is 0.903 bits per heavy atom. The van der Waals surface area contributed by atoms with E-state index >= 15 is 0 Å². The molecule has 0 fully saturated rings. The van der Waals surface area contributed by atoms with Gasteiger partial charge in [0.15, 0.2) is 0 Å². The third-order valence-electron chi connectivity index (χ3n) is 4.43. The van der Waals surface area contributed by atoms with Gasteiger partial charge in [-0.15, -0.1) is 0 Å². The summed E-state index contributed by atoms with van der Waals surface area (Å²) in [6.07, 6.45) is -3.99. The Hall–Kier alpha value is -3.29. The third kappa shape index (κ3) is 5.87. The molecular weight excluding hydrogens is 405 g/mol. The highest BCUT2D eigenvalue weighted by molar-refractivity contribution is 5.67. The zero-order valence-electron chi connectivity index (χ0n) is 17.8.